The number of ether oxygens (including phenoxy) is 1. The zero-order valence-electron chi connectivity index (χ0n) is 13.4. The minimum atomic E-state index is 0. The number of rotatable bonds is 11. The van der Waals surface area contributed by atoms with E-state index in [0.717, 1.165) is 18.6 Å². The van der Waals surface area contributed by atoms with Crippen LogP contribution in [0.4, 0.5) is 0 Å². The van der Waals surface area contributed by atoms with Crippen LogP contribution in [0.2, 0.25) is 0 Å². The van der Waals surface area contributed by atoms with Gasteiger partial charge in [0.1, 0.15) is 5.75 Å². The standard InChI is InChI=1S/C18H29O.Na/c1-3-5-6-7-8-9-11-14-17(4-2)19-18-15-12-10-13-16-18;/h10,12-13,15-17H,2-9,11,14H2,1H3;/q-1;+1. The fourth-order valence-corrected chi connectivity index (χ4v) is 2.28. The molecule has 0 heterocycles. The summed E-state index contributed by atoms with van der Waals surface area (Å²) >= 11 is 0. The van der Waals surface area contributed by atoms with Crippen LogP contribution in [-0.2, 0) is 0 Å². The number of benzene rings is 1. The summed E-state index contributed by atoms with van der Waals surface area (Å²) in [6.45, 7) is 6.26. The molecule has 0 radical (unpaired) electrons. The molecule has 0 amide bonds. The van der Waals surface area contributed by atoms with E-state index < -0.39 is 0 Å². The third kappa shape index (κ3) is 9.85. The predicted octanol–water partition coefficient (Wildman–Crippen LogP) is 2.80. The van der Waals surface area contributed by atoms with Crippen molar-refractivity contribution in [3.05, 3.63) is 37.3 Å². The van der Waals surface area contributed by atoms with Gasteiger partial charge in [-0.15, -0.1) is 6.42 Å². The molecule has 1 atom stereocenters. The third-order valence-electron chi connectivity index (χ3n) is 3.50. The van der Waals surface area contributed by atoms with E-state index in [-0.39, 0.29) is 35.7 Å². The van der Waals surface area contributed by atoms with Gasteiger partial charge in [0.15, 0.2) is 0 Å². The average Bonchev–Trinajstić information content (AvgIpc) is 2.46. The summed E-state index contributed by atoms with van der Waals surface area (Å²) < 4.78 is 5.95. The molecule has 0 saturated heterocycles. The van der Waals surface area contributed by atoms with Crippen LogP contribution in [0.3, 0.4) is 0 Å². The Labute approximate surface area is 147 Å². The van der Waals surface area contributed by atoms with Crippen molar-refractivity contribution in [2.45, 2.75) is 70.8 Å². The quantitative estimate of drug-likeness (QED) is 0.345. The van der Waals surface area contributed by atoms with Crippen molar-refractivity contribution >= 4 is 0 Å². The molecule has 1 aromatic rings. The molecule has 1 aromatic carbocycles. The molecule has 0 aliphatic rings. The largest absolute Gasteiger partial charge is 1.00 e. The first kappa shape index (κ1) is 20.0. The summed E-state index contributed by atoms with van der Waals surface area (Å²) in [6.07, 6.45) is 11.7. The van der Waals surface area contributed by atoms with Gasteiger partial charge in [0.05, 0.1) is 6.10 Å². The Bertz CT molecular complexity index is 300. The molecule has 1 unspecified atom stereocenters. The van der Waals surface area contributed by atoms with Crippen molar-refractivity contribution in [1.29, 1.82) is 0 Å². The first-order chi connectivity index (χ1) is 9.36. The molecule has 0 N–H and O–H groups in total. The number of unbranched alkanes of at least 4 members (excludes halogenated alkanes) is 6. The maximum Gasteiger partial charge on any atom is 1.00 e. The normalized spacial score (nSPS) is 11.7. The average molecular weight is 284 g/mol. The molecule has 0 saturated carbocycles. The third-order valence-corrected chi connectivity index (χ3v) is 3.50. The summed E-state index contributed by atoms with van der Waals surface area (Å²) in [4.78, 5) is 0. The van der Waals surface area contributed by atoms with Crippen molar-refractivity contribution < 1.29 is 34.3 Å². The van der Waals surface area contributed by atoms with Crippen LogP contribution >= 0.6 is 0 Å². The van der Waals surface area contributed by atoms with Gasteiger partial charge in [-0.2, -0.15) is 0 Å². The number of hydrogen-bond donors (Lipinski definition) is 0. The van der Waals surface area contributed by atoms with Crippen molar-refractivity contribution in [2.75, 3.05) is 0 Å². The van der Waals surface area contributed by atoms with Gasteiger partial charge >= 0.3 is 29.6 Å². The van der Waals surface area contributed by atoms with E-state index in [1.807, 2.05) is 30.3 Å². The van der Waals surface area contributed by atoms with E-state index in [9.17, 15) is 0 Å². The molecule has 0 fully saturated rings. The molecule has 108 valence electrons. The zero-order chi connectivity index (χ0) is 13.8. The summed E-state index contributed by atoms with van der Waals surface area (Å²) in [5.41, 5.74) is 0. The second-order valence-electron chi connectivity index (χ2n) is 5.25. The minimum absolute atomic E-state index is 0. The first-order valence-corrected chi connectivity index (χ1v) is 7.87. The van der Waals surface area contributed by atoms with E-state index in [4.69, 9.17) is 4.74 Å². The van der Waals surface area contributed by atoms with Gasteiger partial charge in [0.2, 0.25) is 0 Å². The van der Waals surface area contributed by atoms with Gasteiger partial charge in [-0.3, -0.25) is 0 Å². The van der Waals surface area contributed by atoms with Gasteiger partial charge < -0.3 is 11.7 Å². The zero-order valence-corrected chi connectivity index (χ0v) is 15.4. The van der Waals surface area contributed by atoms with Crippen LogP contribution in [0.15, 0.2) is 30.3 Å². The molecular formula is C18H29NaO. The van der Waals surface area contributed by atoms with Crippen molar-refractivity contribution in [3.8, 4) is 5.75 Å². The second-order valence-corrected chi connectivity index (χ2v) is 5.25. The smallest absolute Gasteiger partial charge is 0.493 e. The predicted molar refractivity (Wildman–Crippen MR) is 83.4 cm³/mol. The Kier molecular flexibility index (Phi) is 14.0. The fourth-order valence-electron chi connectivity index (χ4n) is 2.28. The molecule has 0 aliphatic carbocycles. The SMILES string of the molecule is [CH2-]CC(CCCCCCCCC)Oc1ccccc1.[Na+]. The van der Waals surface area contributed by atoms with Crippen LogP contribution in [0.25, 0.3) is 0 Å². The Hall–Kier alpha value is 0.0200. The van der Waals surface area contributed by atoms with Crippen LogP contribution < -0.4 is 34.3 Å². The summed E-state index contributed by atoms with van der Waals surface area (Å²) in [5.74, 6) is 0.971. The van der Waals surface area contributed by atoms with Crippen LogP contribution in [0.5, 0.6) is 5.75 Å². The van der Waals surface area contributed by atoms with Crippen molar-refractivity contribution in [3.63, 3.8) is 0 Å². The molecule has 1 nitrogen and oxygen atoms in total. The van der Waals surface area contributed by atoms with E-state index >= 15 is 0 Å². The molecule has 2 heteroatoms. The molecule has 0 bridgehead atoms. The molecule has 0 spiro atoms. The number of hydrogen-bond acceptors (Lipinski definition) is 1. The monoisotopic (exact) mass is 284 g/mol. The Morgan fingerprint density at radius 3 is 2.15 bits per heavy atom. The molecular weight excluding hydrogens is 255 g/mol. The fraction of sp³-hybridized carbons (Fsp3) is 0.611. The van der Waals surface area contributed by atoms with E-state index in [1.54, 1.807) is 0 Å². The second kappa shape index (κ2) is 14.0. The first-order valence-electron chi connectivity index (χ1n) is 7.87. The Morgan fingerprint density at radius 1 is 0.950 bits per heavy atom. The van der Waals surface area contributed by atoms with Crippen molar-refractivity contribution in [2.24, 2.45) is 0 Å². The topological polar surface area (TPSA) is 9.23 Å². The Balaban J connectivity index is 0.00000361. The molecule has 20 heavy (non-hydrogen) atoms. The Morgan fingerprint density at radius 2 is 1.55 bits per heavy atom. The van der Waals surface area contributed by atoms with Gasteiger partial charge in [0, 0.05) is 0 Å². The number of para-hydroxylation sites is 1. The van der Waals surface area contributed by atoms with Crippen LogP contribution in [0, 0.1) is 6.92 Å². The maximum atomic E-state index is 5.95. The van der Waals surface area contributed by atoms with Gasteiger partial charge in [-0.05, 0) is 25.0 Å². The van der Waals surface area contributed by atoms with Crippen molar-refractivity contribution in [1.82, 2.24) is 0 Å². The van der Waals surface area contributed by atoms with Crippen LogP contribution in [0.1, 0.15) is 64.7 Å². The summed E-state index contributed by atoms with van der Waals surface area (Å²) in [5, 5.41) is 0. The molecule has 0 aliphatic heterocycles. The summed E-state index contributed by atoms with van der Waals surface area (Å²) in [7, 11) is 0. The molecule has 1 rings (SSSR count). The maximum absolute atomic E-state index is 5.95. The molecule has 0 aromatic heterocycles. The van der Waals surface area contributed by atoms with Gasteiger partial charge in [0.25, 0.3) is 0 Å². The van der Waals surface area contributed by atoms with Crippen LogP contribution in [-0.4, -0.2) is 6.10 Å². The minimum Gasteiger partial charge on any atom is -0.493 e. The van der Waals surface area contributed by atoms with E-state index in [2.05, 4.69) is 13.8 Å². The summed E-state index contributed by atoms with van der Waals surface area (Å²) in [6, 6.07) is 10.1. The van der Waals surface area contributed by atoms with Gasteiger partial charge in [-0.1, -0.05) is 63.6 Å². The van der Waals surface area contributed by atoms with E-state index in [0.29, 0.717) is 0 Å². The van der Waals surface area contributed by atoms with Gasteiger partial charge in [-0.25, -0.2) is 0 Å². The van der Waals surface area contributed by atoms with E-state index in [1.165, 1.54) is 44.9 Å².